The number of hydrogen-bond donors (Lipinski definition) is 2. The molecule has 0 unspecified atom stereocenters. The normalized spacial score (nSPS) is 16.4. The number of benzene rings is 1. The Morgan fingerprint density at radius 1 is 1.30 bits per heavy atom. The van der Waals surface area contributed by atoms with Crippen LogP contribution in [0.4, 0.5) is 5.82 Å². The van der Waals surface area contributed by atoms with Crippen molar-refractivity contribution in [2.24, 2.45) is 7.05 Å². The number of nitrogen functional groups attached to an aromatic ring is 1. The minimum absolute atomic E-state index is 0.128. The highest BCUT2D eigenvalue weighted by atomic mass is 16.1. The van der Waals surface area contributed by atoms with Crippen LogP contribution in [0.3, 0.4) is 0 Å². The maximum atomic E-state index is 12.3. The van der Waals surface area contributed by atoms with Crippen molar-refractivity contribution in [3.05, 3.63) is 47.7 Å². The first-order valence-corrected chi connectivity index (χ1v) is 7.98. The number of anilines is 1. The van der Waals surface area contributed by atoms with Crippen LogP contribution in [0.1, 0.15) is 28.8 Å². The lowest BCUT2D eigenvalue weighted by molar-refractivity contribution is 0.0910. The van der Waals surface area contributed by atoms with Crippen molar-refractivity contribution in [3.8, 4) is 0 Å². The molecule has 0 bridgehead atoms. The smallest absolute Gasteiger partial charge is 0.256 e. The molecule has 1 amide bonds. The van der Waals surface area contributed by atoms with E-state index in [1.165, 1.54) is 16.4 Å². The highest BCUT2D eigenvalue weighted by molar-refractivity contribution is 5.98. The van der Waals surface area contributed by atoms with Gasteiger partial charge < -0.3 is 11.1 Å². The van der Waals surface area contributed by atoms with Crippen LogP contribution in [0.2, 0.25) is 0 Å². The summed E-state index contributed by atoms with van der Waals surface area (Å²) in [6.45, 7) is 2.95. The van der Waals surface area contributed by atoms with E-state index in [9.17, 15) is 4.79 Å². The van der Waals surface area contributed by atoms with Crippen molar-refractivity contribution in [3.63, 3.8) is 0 Å². The van der Waals surface area contributed by atoms with E-state index in [0.29, 0.717) is 11.4 Å². The van der Waals surface area contributed by atoms with Gasteiger partial charge in [0.2, 0.25) is 0 Å². The first-order valence-electron chi connectivity index (χ1n) is 7.98. The minimum Gasteiger partial charge on any atom is -0.383 e. The van der Waals surface area contributed by atoms with E-state index in [0.717, 1.165) is 32.5 Å². The number of nitrogens with one attached hydrogen (secondary N) is 1. The molecule has 1 fully saturated rings. The minimum atomic E-state index is -0.128. The Hall–Kier alpha value is -2.34. The summed E-state index contributed by atoms with van der Waals surface area (Å²) in [6.07, 6.45) is 3.44. The van der Waals surface area contributed by atoms with Gasteiger partial charge in [-0.2, -0.15) is 5.10 Å². The number of piperidine rings is 1. The molecule has 2 heterocycles. The zero-order chi connectivity index (χ0) is 16.2. The van der Waals surface area contributed by atoms with Gasteiger partial charge in [-0.05, 0) is 18.4 Å². The predicted octanol–water partition coefficient (Wildman–Crippen LogP) is 1.40. The van der Waals surface area contributed by atoms with Crippen molar-refractivity contribution in [2.45, 2.75) is 25.4 Å². The molecule has 0 spiro atoms. The van der Waals surface area contributed by atoms with Crippen molar-refractivity contribution in [2.75, 3.05) is 18.8 Å². The molecule has 0 saturated carbocycles. The van der Waals surface area contributed by atoms with E-state index in [1.54, 1.807) is 7.05 Å². The van der Waals surface area contributed by atoms with Crippen molar-refractivity contribution < 1.29 is 4.79 Å². The predicted molar refractivity (Wildman–Crippen MR) is 89.8 cm³/mol. The topological polar surface area (TPSA) is 76.2 Å². The Kier molecular flexibility index (Phi) is 4.62. The summed E-state index contributed by atoms with van der Waals surface area (Å²) >= 11 is 0. The molecular weight excluding hydrogens is 290 g/mol. The third-order valence-electron chi connectivity index (χ3n) is 4.40. The summed E-state index contributed by atoms with van der Waals surface area (Å²) in [5.74, 6) is 0.279. The lowest BCUT2D eigenvalue weighted by Gasteiger charge is -2.32. The number of nitrogens with zero attached hydrogens (tertiary/aromatic N) is 3. The number of hydrogen-bond acceptors (Lipinski definition) is 4. The number of amides is 1. The fourth-order valence-corrected chi connectivity index (χ4v) is 2.96. The van der Waals surface area contributed by atoms with E-state index in [-0.39, 0.29) is 11.9 Å². The van der Waals surface area contributed by atoms with E-state index in [2.05, 4.69) is 39.6 Å². The summed E-state index contributed by atoms with van der Waals surface area (Å²) in [7, 11) is 1.73. The fraction of sp³-hybridized carbons (Fsp3) is 0.412. The van der Waals surface area contributed by atoms with E-state index < -0.39 is 0 Å². The van der Waals surface area contributed by atoms with Gasteiger partial charge in [-0.15, -0.1) is 0 Å². The second-order valence-electron chi connectivity index (χ2n) is 6.08. The molecule has 1 aliphatic rings. The van der Waals surface area contributed by atoms with E-state index in [1.807, 2.05) is 6.07 Å². The van der Waals surface area contributed by atoms with Gasteiger partial charge in [0.05, 0.1) is 6.20 Å². The fourth-order valence-electron chi connectivity index (χ4n) is 2.96. The number of aromatic nitrogens is 2. The molecule has 0 radical (unpaired) electrons. The van der Waals surface area contributed by atoms with Crippen LogP contribution < -0.4 is 11.1 Å². The van der Waals surface area contributed by atoms with Crippen molar-refractivity contribution >= 4 is 11.7 Å². The summed E-state index contributed by atoms with van der Waals surface area (Å²) in [5, 5.41) is 7.09. The number of carbonyl (C=O) groups is 1. The Labute approximate surface area is 136 Å². The van der Waals surface area contributed by atoms with Gasteiger partial charge >= 0.3 is 0 Å². The zero-order valence-electron chi connectivity index (χ0n) is 13.4. The van der Waals surface area contributed by atoms with Crippen LogP contribution in [0.15, 0.2) is 36.5 Å². The number of aryl methyl sites for hydroxylation is 1. The average Bonchev–Trinajstić information content (AvgIpc) is 2.90. The number of likely N-dealkylation sites (tertiary alicyclic amines) is 1. The highest BCUT2D eigenvalue weighted by Gasteiger charge is 2.22. The van der Waals surface area contributed by atoms with Crippen LogP contribution in [0.25, 0.3) is 0 Å². The molecule has 1 aromatic carbocycles. The lowest BCUT2D eigenvalue weighted by atomic mass is 10.0. The Bertz CT molecular complexity index is 659. The molecule has 1 aromatic heterocycles. The highest BCUT2D eigenvalue weighted by Crippen LogP contribution is 2.15. The van der Waals surface area contributed by atoms with Gasteiger partial charge in [-0.3, -0.25) is 14.4 Å². The number of nitrogens with two attached hydrogens (primary N) is 1. The quantitative estimate of drug-likeness (QED) is 0.894. The van der Waals surface area contributed by atoms with Crippen LogP contribution in [-0.4, -0.2) is 39.7 Å². The monoisotopic (exact) mass is 313 g/mol. The summed E-state index contributed by atoms with van der Waals surface area (Å²) in [6, 6.07) is 10.7. The van der Waals surface area contributed by atoms with Crippen LogP contribution in [0, 0.1) is 0 Å². The third kappa shape index (κ3) is 3.71. The standard InChI is InChI=1S/C17H23N5O/c1-21-16(18)15(11-19-21)17(23)20-14-7-9-22(10-8-14)12-13-5-3-2-4-6-13/h2-6,11,14H,7-10,12,18H2,1H3,(H,20,23). The molecule has 6 nitrogen and oxygen atoms in total. The maximum Gasteiger partial charge on any atom is 0.256 e. The Morgan fingerprint density at radius 2 is 2.00 bits per heavy atom. The Balaban J connectivity index is 1.49. The second-order valence-corrected chi connectivity index (χ2v) is 6.08. The number of carbonyl (C=O) groups excluding carboxylic acids is 1. The first-order chi connectivity index (χ1) is 11.1. The first kappa shape index (κ1) is 15.6. The van der Waals surface area contributed by atoms with Crippen LogP contribution in [0.5, 0.6) is 0 Å². The zero-order valence-corrected chi connectivity index (χ0v) is 13.4. The Morgan fingerprint density at radius 3 is 2.61 bits per heavy atom. The van der Waals surface area contributed by atoms with Gasteiger partial charge in [0.1, 0.15) is 11.4 Å². The summed E-state index contributed by atoms with van der Waals surface area (Å²) < 4.78 is 1.51. The van der Waals surface area contributed by atoms with Crippen LogP contribution >= 0.6 is 0 Å². The molecule has 3 rings (SSSR count). The van der Waals surface area contributed by atoms with Crippen LogP contribution in [-0.2, 0) is 13.6 Å². The van der Waals surface area contributed by atoms with Gasteiger partial charge in [-0.25, -0.2) is 0 Å². The van der Waals surface area contributed by atoms with Gasteiger partial charge in [0, 0.05) is 32.7 Å². The van der Waals surface area contributed by atoms with Gasteiger partial charge in [-0.1, -0.05) is 30.3 Å². The van der Waals surface area contributed by atoms with Crippen molar-refractivity contribution in [1.82, 2.24) is 20.0 Å². The second kappa shape index (κ2) is 6.83. The van der Waals surface area contributed by atoms with Crippen molar-refractivity contribution in [1.29, 1.82) is 0 Å². The molecule has 122 valence electrons. The molecule has 0 atom stereocenters. The summed E-state index contributed by atoms with van der Waals surface area (Å²) in [5.41, 5.74) is 7.64. The molecule has 23 heavy (non-hydrogen) atoms. The summed E-state index contributed by atoms with van der Waals surface area (Å²) in [4.78, 5) is 14.7. The largest absolute Gasteiger partial charge is 0.383 e. The molecule has 3 N–H and O–H groups in total. The average molecular weight is 313 g/mol. The molecule has 6 heteroatoms. The molecule has 1 saturated heterocycles. The lowest BCUT2D eigenvalue weighted by Crippen LogP contribution is -2.44. The molecule has 2 aromatic rings. The molecular formula is C17H23N5O. The van der Waals surface area contributed by atoms with Gasteiger partial charge in [0.15, 0.2) is 0 Å². The SMILES string of the molecule is Cn1ncc(C(=O)NC2CCN(Cc3ccccc3)CC2)c1N. The maximum absolute atomic E-state index is 12.3. The van der Waals surface area contributed by atoms with E-state index in [4.69, 9.17) is 5.73 Å². The molecule has 0 aliphatic carbocycles. The number of rotatable bonds is 4. The van der Waals surface area contributed by atoms with Gasteiger partial charge in [0.25, 0.3) is 5.91 Å². The third-order valence-corrected chi connectivity index (χ3v) is 4.40. The molecule has 1 aliphatic heterocycles. The van der Waals surface area contributed by atoms with E-state index >= 15 is 0 Å².